The lowest BCUT2D eigenvalue weighted by Crippen LogP contribution is -2.37. The van der Waals surface area contributed by atoms with E-state index in [1.165, 1.54) is 43.2 Å². The van der Waals surface area contributed by atoms with Crippen molar-refractivity contribution >= 4 is 19.8 Å². The Kier molecular flexibility index (Phi) is 26.5. The van der Waals surface area contributed by atoms with Crippen molar-refractivity contribution in [2.45, 2.75) is 188 Å². The molecule has 2 aromatic rings. The van der Waals surface area contributed by atoms with Gasteiger partial charge in [-0.25, -0.2) is 4.57 Å². The lowest BCUT2D eigenvalue weighted by Gasteiger charge is -2.24. The topological polar surface area (TPSA) is 135 Å². The van der Waals surface area contributed by atoms with Crippen LogP contribution in [0.5, 0.6) is 0 Å². The summed E-state index contributed by atoms with van der Waals surface area (Å²) in [6.45, 7) is 8.49. The quantitative estimate of drug-likeness (QED) is 0.0306. The van der Waals surface area contributed by atoms with E-state index < -0.39 is 32.5 Å². The summed E-state index contributed by atoms with van der Waals surface area (Å²) in [6.07, 6.45) is 22.5. The SMILES string of the molecule is CCCCCc1cc(C)c(CCCCCCCCC(=O)OCC(COP(=O)(O)OCC[N+](C)(C)C)OC(=O)CCCCCCCCCCc2oc(CCC)cc2C)o1. The minimum absolute atomic E-state index is 0.0188. The molecule has 0 aliphatic carbocycles. The molecule has 334 valence electrons. The number of esters is 2. The fraction of sp³-hybridized carbons (Fsp3) is 0.783. The number of unbranched alkanes of at least 4 members (excludes halogenated alkanes) is 14. The molecule has 0 fully saturated rings. The van der Waals surface area contributed by atoms with E-state index in [1.54, 1.807) is 0 Å². The van der Waals surface area contributed by atoms with E-state index in [2.05, 4.69) is 39.8 Å². The summed E-state index contributed by atoms with van der Waals surface area (Å²) < 4.78 is 46.5. The first-order valence-corrected chi connectivity index (χ1v) is 24.1. The Morgan fingerprint density at radius 3 is 1.64 bits per heavy atom. The highest BCUT2D eigenvalue weighted by atomic mass is 31.2. The molecular formula is C46H81NO10P+. The molecule has 12 heteroatoms. The molecule has 2 atom stereocenters. The predicted molar refractivity (Wildman–Crippen MR) is 231 cm³/mol. The van der Waals surface area contributed by atoms with Crippen LogP contribution in [-0.4, -0.2) is 74.9 Å². The number of hydrogen-bond donors (Lipinski definition) is 1. The van der Waals surface area contributed by atoms with Crippen LogP contribution in [0.1, 0.15) is 176 Å². The molecule has 0 aliphatic rings. The van der Waals surface area contributed by atoms with E-state index in [0.29, 0.717) is 23.9 Å². The molecular weight excluding hydrogens is 757 g/mol. The Bertz CT molecular complexity index is 1440. The Morgan fingerprint density at radius 2 is 1.12 bits per heavy atom. The van der Waals surface area contributed by atoms with Crippen LogP contribution >= 0.6 is 7.82 Å². The second kappa shape index (κ2) is 29.7. The van der Waals surface area contributed by atoms with Gasteiger partial charge in [0.05, 0.1) is 27.7 Å². The molecule has 2 heterocycles. The summed E-state index contributed by atoms with van der Waals surface area (Å²) >= 11 is 0. The monoisotopic (exact) mass is 839 g/mol. The number of rotatable bonds is 36. The van der Waals surface area contributed by atoms with Crippen LogP contribution in [0, 0.1) is 13.8 Å². The van der Waals surface area contributed by atoms with Gasteiger partial charge in [0.15, 0.2) is 6.10 Å². The molecule has 0 saturated carbocycles. The molecule has 2 aromatic heterocycles. The molecule has 2 rings (SSSR count). The van der Waals surface area contributed by atoms with Crippen LogP contribution in [0.3, 0.4) is 0 Å². The molecule has 0 amide bonds. The van der Waals surface area contributed by atoms with Gasteiger partial charge in [0.2, 0.25) is 0 Å². The highest BCUT2D eigenvalue weighted by Gasteiger charge is 2.27. The average Bonchev–Trinajstić information content (AvgIpc) is 3.70. The maximum atomic E-state index is 12.8. The van der Waals surface area contributed by atoms with Crippen molar-refractivity contribution in [3.63, 3.8) is 0 Å². The molecule has 0 bridgehead atoms. The first kappa shape index (κ1) is 51.7. The standard InChI is InChI=1S/C46H80NO10P/c1-8-10-21-27-41-35-39(4)44(56-41)29-23-18-15-16-19-24-30-45(48)52-36-42(37-54-58(50,51)53-33-32-47(5,6)7)57-46(49)31-25-20-14-12-11-13-17-22-28-43-38(3)34-40(55-43)26-9-2/h34-35,42H,8-33,36-37H2,1-7H3/p+1. The highest BCUT2D eigenvalue weighted by Crippen LogP contribution is 2.43. The Labute approximate surface area is 351 Å². The number of quaternary nitrogens is 1. The number of phosphoric ester groups is 1. The molecule has 11 nitrogen and oxygen atoms in total. The van der Waals surface area contributed by atoms with Gasteiger partial charge in [-0.05, 0) is 75.6 Å². The lowest BCUT2D eigenvalue weighted by atomic mass is 10.1. The van der Waals surface area contributed by atoms with E-state index >= 15 is 0 Å². The predicted octanol–water partition coefficient (Wildman–Crippen LogP) is 11.5. The van der Waals surface area contributed by atoms with Gasteiger partial charge >= 0.3 is 19.8 Å². The van der Waals surface area contributed by atoms with Gasteiger partial charge in [-0.15, -0.1) is 0 Å². The van der Waals surface area contributed by atoms with Gasteiger partial charge in [-0.1, -0.05) is 90.9 Å². The molecule has 0 saturated heterocycles. The van der Waals surface area contributed by atoms with Crippen molar-refractivity contribution in [2.75, 3.05) is 47.5 Å². The van der Waals surface area contributed by atoms with E-state index in [4.69, 9.17) is 27.4 Å². The number of aryl methyl sites for hydroxylation is 6. The summed E-state index contributed by atoms with van der Waals surface area (Å²) in [4.78, 5) is 35.6. The molecule has 58 heavy (non-hydrogen) atoms. The van der Waals surface area contributed by atoms with Gasteiger partial charge in [-0.2, -0.15) is 0 Å². The van der Waals surface area contributed by atoms with Crippen molar-refractivity contribution < 1.29 is 50.9 Å². The number of carbonyl (C=O) groups is 2. The van der Waals surface area contributed by atoms with Crippen LogP contribution in [-0.2, 0) is 58.4 Å². The third-order valence-electron chi connectivity index (χ3n) is 10.4. The van der Waals surface area contributed by atoms with E-state index in [-0.39, 0.29) is 26.1 Å². The number of nitrogens with zero attached hydrogens (tertiary/aromatic N) is 1. The van der Waals surface area contributed by atoms with Crippen molar-refractivity contribution in [3.05, 3.63) is 46.3 Å². The lowest BCUT2D eigenvalue weighted by molar-refractivity contribution is -0.870. The Balaban J connectivity index is 1.65. The third-order valence-corrected chi connectivity index (χ3v) is 11.4. The number of hydrogen-bond acceptors (Lipinski definition) is 9. The van der Waals surface area contributed by atoms with Crippen molar-refractivity contribution in [3.8, 4) is 0 Å². The number of ether oxygens (including phenoxy) is 2. The normalized spacial score (nSPS) is 13.4. The van der Waals surface area contributed by atoms with Gasteiger partial charge < -0.3 is 27.7 Å². The maximum Gasteiger partial charge on any atom is 0.472 e. The van der Waals surface area contributed by atoms with Gasteiger partial charge in [0.25, 0.3) is 0 Å². The molecule has 0 radical (unpaired) electrons. The third kappa shape index (κ3) is 25.3. The number of furan rings is 2. The van der Waals surface area contributed by atoms with Gasteiger partial charge in [-0.3, -0.25) is 18.6 Å². The van der Waals surface area contributed by atoms with Crippen LogP contribution < -0.4 is 0 Å². The first-order chi connectivity index (χ1) is 27.7. The first-order valence-electron chi connectivity index (χ1n) is 22.6. The fourth-order valence-corrected chi connectivity index (χ4v) is 7.60. The van der Waals surface area contributed by atoms with Crippen molar-refractivity contribution in [1.82, 2.24) is 0 Å². The van der Waals surface area contributed by atoms with E-state index in [0.717, 1.165) is 119 Å². The zero-order valence-electron chi connectivity index (χ0n) is 37.5. The van der Waals surface area contributed by atoms with Crippen molar-refractivity contribution in [2.24, 2.45) is 0 Å². The number of likely N-dealkylation sites (N-methyl/N-ethyl adjacent to an activating group) is 1. The van der Waals surface area contributed by atoms with E-state index in [9.17, 15) is 19.0 Å². The van der Waals surface area contributed by atoms with Crippen molar-refractivity contribution in [1.29, 1.82) is 0 Å². The second-order valence-corrected chi connectivity index (χ2v) is 18.7. The smallest absolute Gasteiger partial charge is 0.466 e. The number of carbonyl (C=O) groups excluding carboxylic acids is 2. The summed E-state index contributed by atoms with van der Waals surface area (Å²) in [5.41, 5.74) is 2.52. The highest BCUT2D eigenvalue weighted by molar-refractivity contribution is 7.47. The van der Waals surface area contributed by atoms with Crippen LogP contribution in [0.15, 0.2) is 21.0 Å². The molecule has 0 spiro atoms. The summed E-state index contributed by atoms with van der Waals surface area (Å²) in [5, 5.41) is 0. The van der Waals surface area contributed by atoms with Crippen LogP contribution in [0.2, 0.25) is 0 Å². The fourth-order valence-electron chi connectivity index (χ4n) is 6.86. The minimum Gasteiger partial charge on any atom is -0.466 e. The maximum absolute atomic E-state index is 12.8. The summed E-state index contributed by atoms with van der Waals surface area (Å²) in [5.74, 6) is 3.60. The number of phosphoric acid groups is 1. The Hall–Kier alpha value is -2.43. The average molecular weight is 839 g/mol. The Morgan fingerprint density at radius 1 is 0.638 bits per heavy atom. The zero-order chi connectivity index (χ0) is 42.7. The largest absolute Gasteiger partial charge is 0.472 e. The zero-order valence-corrected chi connectivity index (χ0v) is 38.4. The summed E-state index contributed by atoms with van der Waals surface area (Å²) in [6, 6.07) is 4.37. The molecule has 1 N–H and O–H groups in total. The van der Waals surface area contributed by atoms with Crippen LogP contribution in [0.4, 0.5) is 0 Å². The minimum atomic E-state index is -4.40. The van der Waals surface area contributed by atoms with E-state index in [1.807, 2.05) is 21.1 Å². The molecule has 0 aromatic carbocycles. The molecule has 0 aliphatic heterocycles. The van der Waals surface area contributed by atoms with Gasteiger partial charge in [0, 0.05) is 38.5 Å². The summed E-state index contributed by atoms with van der Waals surface area (Å²) in [7, 11) is 1.43. The van der Waals surface area contributed by atoms with Gasteiger partial charge in [0.1, 0.15) is 42.8 Å². The van der Waals surface area contributed by atoms with Crippen LogP contribution in [0.25, 0.3) is 0 Å². The molecule has 2 unspecified atom stereocenters. The second-order valence-electron chi connectivity index (χ2n) is 17.2.